The lowest BCUT2D eigenvalue weighted by molar-refractivity contribution is 0.970. The zero-order valence-corrected chi connectivity index (χ0v) is 9.25. The predicted octanol–water partition coefficient (Wildman–Crippen LogP) is 3.11. The summed E-state index contributed by atoms with van der Waals surface area (Å²) in [6, 6.07) is 7.83. The molecular weight excluding hydrogens is 210 g/mol. The number of anilines is 1. The second-order valence-electron chi connectivity index (χ2n) is 3.29. The number of nitrogens with zero attached hydrogens (tertiary/aromatic N) is 2. The Labute approximate surface area is 93.5 Å². The molecule has 0 saturated heterocycles. The van der Waals surface area contributed by atoms with Gasteiger partial charge in [-0.15, -0.1) is 0 Å². The quantitative estimate of drug-likeness (QED) is 0.810. The summed E-state index contributed by atoms with van der Waals surface area (Å²) in [7, 11) is 0. The Morgan fingerprint density at radius 3 is 2.87 bits per heavy atom. The summed E-state index contributed by atoms with van der Waals surface area (Å²) in [5.41, 5.74) is 0.871. The number of benzene rings is 1. The van der Waals surface area contributed by atoms with E-state index in [1.54, 1.807) is 0 Å². The van der Waals surface area contributed by atoms with Crippen LogP contribution in [0.2, 0.25) is 5.28 Å². The van der Waals surface area contributed by atoms with Crippen molar-refractivity contribution in [2.45, 2.75) is 13.3 Å². The molecule has 2 rings (SSSR count). The highest BCUT2D eigenvalue weighted by molar-refractivity contribution is 6.28. The summed E-state index contributed by atoms with van der Waals surface area (Å²) in [5.74, 6) is 0.812. The first-order valence-electron chi connectivity index (χ1n) is 4.97. The maximum absolute atomic E-state index is 5.84. The predicted molar refractivity (Wildman–Crippen MR) is 63.3 cm³/mol. The molecule has 2 aromatic rings. The van der Waals surface area contributed by atoms with Crippen molar-refractivity contribution >= 4 is 28.3 Å². The summed E-state index contributed by atoms with van der Waals surface area (Å²) in [6.45, 7) is 3.00. The van der Waals surface area contributed by atoms with Crippen molar-refractivity contribution in [2.24, 2.45) is 0 Å². The summed E-state index contributed by atoms with van der Waals surface area (Å²) in [6.07, 6.45) is 1.05. The molecule has 4 heteroatoms. The summed E-state index contributed by atoms with van der Waals surface area (Å²) in [4.78, 5) is 8.34. The van der Waals surface area contributed by atoms with Crippen LogP contribution in [0, 0.1) is 0 Å². The third-order valence-corrected chi connectivity index (χ3v) is 2.29. The first-order valence-corrected chi connectivity index (χ1v) is 5.35. The average Bonchev–Trinajstić information content (AvgIpc) is 2.25. The van der Waals surface area contributed by atoms with E-state index in [1.807, 2.05) is 24.3 Å². The third-order valence-electron chi connectivity index (χ3n) is 2.12. The van der Waals surface area contributed by atoms with Crippen LogP contribution in [0.3, 0.4) is 0 Å². The van der Waals surface area contributed by atoms with E-state index in [2.05, 4.69) is 22.2 Å². The fourth-order valence-electron chi connectivity index (χ4n) is 1.43. The van der Waals surface area contributed by atoms with E-state index in [-0.39, 0.29) is 5.28 Å². The van der Waals surface area contributed by atoms with Crippen LogP contribution in [-0.4, -0.2) is 16.5 Å². The van der Waals surface area contributed by atoms with Gasteiger partial charge in [0.05, 0.1) is 5.52 Å². The minimum atomic E-state index is 0.285. The minimum absolute atomic E-state index is 0.285. The third kappa shape index (κ3) is 2.18. The first-order chi connectivity index (χ1) is 7.31. The molecule has 1 aromatic carbocycles. The molecule has 0 bridgehead atoms. The first kappa shape index (κ1) is 10.2. The number of rotatable bonds is 3. The Bertz CT molecular complexity index is 470. The molecule has 1 aromatic heterocycles. The molecular formula is C11H12ClN3. The highest BCUT2D eigenvalue weighted by Gasteiger charge is 2.04. The van der Waals surface area contributed by atoms with Crippen LogP contribution in [-0.2, 0) is 0 Å². The molecule has 0 atom stereocenters. The molecule has 1 N–H and O–H groups in total. The van der Waals surface area contributed by atoms with Crippen LogP contribution >= 0.6 is 11.6 Å². The van der Waals surface area contributed by atoms with Crippen molar-refractivity contribution in [1.82, 2.24) is 9.97 Å². The summed E-state index contributed by atoms with van der Waals surface area (Å²) in [5, 5.41) is 4.54. The van der Waals surface area contributed by atoms with Gasteiger partial charge in [0.15, 0.2) is 0 Å². The zero-order chi connectivity index (χ0) is 10.7. The number of hydrogen-bond acceptors (Lipinski definition) is 3. The minimum Gasteiger partial charge on any atom is -0.369 e. The Balaban J connectivity index is 2.50. The maximum atomic E-state index is 5.84. The van der Waals surface area contributed by atoms with Crippen LogP contribution in [0.15, 0.2) is 24.3 Å². The Hall–Kier alpha value is -1.35. The highest BCUT2D eigenvalue weighted by atomic mass is 35.5. The van der Waals surface area contributed by atoms with Gasteiger partial charge in [0.2, 0.25) is 5.28 Å². The number of para-hydroxylation sites is 1. The van der Waals surface area contributed by atoms with Gasteiger partial charge in [-0.25, -0.2) is 9.97 Å². The van der Waals surface area contributed by atoms with Crippen LogP contribution in [0.1, 0.15) is 13.3 Å². The number of nitrogens with one attached hydrogen (secondary N) is 1. The van der Waals surface area contributed by atoms with Crippen molar-refractivity contribution in [3.8, 4) is 0 Å². The lowest BCUT2D eigenvalue weighted by Crippen LogP contribution is -2.03. The van der Waals surface area contributed by atoms with E-state index in [4.69, 9.17) is 11.6 Å². The topological polar surface area (TPSA) is 37.8 Å². The Morgan fingerprint density at radius 1 is 1.27 bits per heavy atom. The van der Waals surface area contributed by atoms with Gasteiger partial charge in [0, 0.05) is 11.9 Å². The van der Waals surface area contributed by atoms with Gasteiger partial charge in [0.1, 0.15) is 5.82 Å². The fraction of sp³-hybridized carbons (Fsp3) is 0.273. The van der Waals surface area contributed by atoms with E-state index < -0.39 is 0 Å². The number of halogens is 1. The summed E-state index contributed by atoms with van der Waals surface area (Å²) < 4.78 is 0. The number of hydrogen-bond donors (Lipinski definition) is 1. The molecule has 0 fully saturated rings. The number of aromatic nitrogens is 2. The second-order valence-corrected chi connectivity index (χ2v) is 3.62. The molecule has 0 aliphatic carbocycles. The molecule has 78 valence electrons. The Morgan fingerprint density at radius 2 is 2.07 bits per heavy atom. The molecule has 15 heavy (non-hydrogen) atoms. The normalized spacial score (nSPS) is 10.5. The monoisotopic (exact) mass is 221 g/mol. The van der Waals surface area contributed by atoms with Gasteiger partial charge >= 0.3 is 0 Å². The van der Waals surface area contributed by atoms with Crippen molar-refractivity contribution in [3.63, 3.8) is 0 Å². The molecule has 0 aliphatic heterocycles. The SMILES string of the molecule is CCCNc1nc(Cl)nc2ccccc12. The smallest absolute Gasteiger partial charge is 0.224 e. The van der Waals surface area contributed by atoms with Crippen molar-refractivity contribution in [3.05, 3.63) is 29.5 Å². The molecule has 0 saturated carbocycles. The molecule has 3 nitrogen and oxygen atoms in total. The molecule has 1 heterocycles. The van der Waals surface area contributed by atoms with Gasteiger partial charge < -0.3 is 5.32 Å². The van der Waals surface area contributed by atoms with E-state index >= 15 is 0 Å². The van der Waals surface area contributed by atoms with Crippen LogP contribution in [0.4, 0.5) is 5.82 Å². The van der Waals surface area contributed by atoms with Gasteiger partial charge in [-0.05, 0) is 30.2 Å². The van der Waals surface area contributed by atoms with E-state index in [0.29, 0.717) is 0 Å². The fourth-order valence-corrected chi connectivity index (χ4v) is 1.60. The van der Waals surface area contributed by atoms with Gasteiger partial charge in [-0.3, -0.25) is 0 Å². The lowest BCUT2D eigenvalue weighted by Gasteiger charge is -2.07. The highest BCUT2D eigenvalue weighted by Crippen LogP contribution is 2.21. The van der Waals surface area contributed by atoms with E-state index in [1.165, 1.54) is 0 Å². The largest absolute Gasteiger partial charge is 0.369 e. The number of fused-ring (bicyclic) bond motifs is 1. The average molecular weight is 222 g/mol. The van der Waals surface area contributed by atoms with Crippen LogP contribution in [0.5, 0.6) is 0 Å². The van der Waals surface area contributed by atoms with Crippen molar-refractivity contribution in [1.29, 1.82) is 0 Å². The Kier molecular flexibility index (Phi) is 3.02. The van der Waals surface area contributed by atoms with Crippen LogP contribution in [0.25, 0.3) is 10.9 Å². The van der Waals surface area contributed by atoms with E-state index in [9.17, 15) is 0 Å². The maximum Gasteiger partial charge on any atom is 0.224 e. The van der Waals surface area contributed by atoms with Gasteiger partial charge in [-0.1, -0.05) is 19.1 Å². The zero-order valence-electron chi connectivity index (χ0n) is 8.50. The molecule has 0 amide bonds. The lowest BCUT2D eigenvalue weighted by atomic mass is 10.2. The molecule has 0 aliphatic rings. The standard InChI is InChI=1S/C11H12ClN3/c1-2-7-13-10-8-5-3-4-6-9(8)14-11(12)15-10/h3-6H,2,7H2,1H3,(H,13,14,15). The molecule has 0 unspecified atom stereocenters. The van der Waals surface area contributed by atoms with E-state index in [0.717, 1.165) is 29.7 Å². The van der Waals surface area contributed by atoms with Crippen molar-refractivity contribution in [2.75, 3.05) is 11.9 Å². The van der Waals surface area contributed by atoms with Crippen LogP contribution < -0.4 is 5.32 Å². The van der Waals surface area contributed by atoms with Gasteiger partial charge in [0.25, 0.3) is 0 Å². The van der Waals surface area contributed by atoms with Crippen molar-refractivity contribution < 1.29 is 0 Å². The summed E-state index contributed by atoms with van der Waals surface area (Å²) >= 11 is 5.84. The molecule has 0 spiro atoms. The molecule has 0 radical (unpaired) electrons. The second kappa shape index (κ2) is 4.45. The van der Waals surface area contributed by atoms with Gasteiger partial charge in [-0.2, -0.15) is 0 Å².